The fourth-order valence-corrected chi connectivity index (χ4v) is 4.06. The molecule has 1 fully saturated rings. The average molecular weight is 424 g/mol. The number of anilines is 1. The summed E-state index contributed by atoms with van der Waals surface area (Å²) in [7, 11) is 0. The molecular weight excluding hydrogens is 394 g/mol. The minimum atomic E-state index is -0.630. The summed E-state index contributed by atoms with van der Waals surface area (Å²) >= 11 is 0. The Morgan fingerprint density at radius 1 is 1.13 bits per heavy atom. The van der Waals surface area contributed by atoms with E-state index in [0.29, 0.717) is 18.9 Å². The Balaban J connectivity index is 1.71. The van der Waals surface area contributed by atoms with Gasteiger partial charge < -0.3 is 10.2 Å². The smallest absolute Gasteiger partial charge is 0.292 e. The zero-order valence-corrected chi connectivity index (χ0v) is 18.2. The minimum Gasteiger partial charge on any atom is -0.330 e. The second-order valence-electron chi connectivity index (χ2n) is 8.51. The van der Waals surface area contributed by atoms with Gasteiger partial charge in [0, 0.05) is 12.6 Å². The maximum Gasteiger partial charge on any atom is 0.292 e. The van der Waals surface area contributed by atoms with Crippen LogP contribution >= 0.6 is 0 Å². The third-order valence-corrected chi connectivity index (χ3v) is 5.69. The quantitative estimate of drug-likeness (QED) is 0.523. The number of nitro groups is 1. The number of hydrogen-bond acceptors (Lipinski definition) is 4. The van der Waals surface area contributed by atoms with Gasteiger partial charge in [0.15, 0.2) is 0 Å². The number of para-hydroxylation sites is 2. The molecule has 31 heavy (non-hydrogen) atoms. The van der Waals surface area contributed by atoms with Crippen molar-refractivity contribution in [2.75, 3.05) is 11.9 Å². The van der Waals surface area contributed by atoms with Gasteiger partial charge in [-0.15, -0.1) is 0 Å². The molecule has 2 amide bonds. The molecule has 2 aromatic carbocycles. The van der Waals surface area contributed by atoms with Gasteiger partial charge in [0.1, 0.15) is 11.7 Å². The number of likely N-dealkylation sites (tertiary alicyclic amines) is 1. The molecule has 2 aromatic rings. The minimum absolute atomic E-state index is 0.100. The van der Waals surface area contributed by atoms with Crippen molar-refractivity contribution in [3.05, 3.63) is 69.8 Å². The summed E-state index contributed by atoms with van der Waals surface area (Å²) in [5.41, 5.74) is 2.13. The normalized spacial score (nSPS) is 16.9. The number of benzene rings is 2. The van der Waals surface area contributed by atoms with Crippen LogP contribution in [0, 0.1) is 16.0 Å². The van der Waals surface area contributed by atoms with Crippen LogP contribution in [0.25, 0.3) is 0 Å². The van der Waals surface area contributed by atoms with Gasteiger partial charge in [-0.1, -0.05) is 50.2 Å². The van der Waals surface area contributed by atoms with Crippen molar-refractivity contribution in [1.82, 2.24) is 4.90 Å². The van der Waals surface area contributed by atoms with Gasteiger partial charge in [-0.3, -0.25) is 19.7 Å². The van der Waals surface area contributed by atoms with Crippen LogP contribution in [0.1, 0.15) is 50.7 Å². The zero-order valence-electron chi connectivity index (χ0n) is 18.2. The van der Waals surface area contributed by atoms with E-state index in [-0.39, 0.29) is 29.1 Å². The van der Waals surface area contributed by atoms with Gasteiger partial charge in [0.05, 0.1) is 10.8 Å². The molecule has 2 atom stereocenters. The summed E-state index contributed by atoms with van der Waals surface area (Å²) in [6, 6.07) is 13.5. The Morgan fingerprint density at radius 2 is 1.81 bits per heavy atom. The Kier molecular flexibility index (Phi) is 7.05. The highest BCUT2D eigenvalue weighted by molar-refractivity contribution is 5.99. The first-order chi connectivity index (χ1) is 14.8. The molecule has 0 saturated carbocycles. The van der Waals surface area contributed by atoms with Crippen LogP contribution in [0.2, 0.25) is 0 Å². The molecule has 0 bridgehead atoms. The molecule has 7 nitrogen and oxygen atoms in total. The van der Waals surface area contributed by atoms with Gasteiger partial charge in [-0.25, -0.2) is 0 Å². The molecule has 1 aliphatic rings. The first kappa shape index (κ1) is 22.5. The van der Waals surface area contributed by atoms with Crippen molar-refractivity contribution < 1.29 is 14.5 Å². The monoisotopic (exact) mass is 423 g/mol. The lowest BCUT2D eigenvalue weighted by atomic mass is 9.95. The zero-order chi connectivity index (χ0) is 22.5. The molecule has 7 heteroatoms. The fraction of sp³-hybridized carbons (Fsp3) is 0.417. The lowest BCUT2D eigenvalue weighted by molar-refractivity contribution is -0.383. The van der Waals surface area contributed by atoms with Crippen LogP contribution in [0.4, 0.5) is 11.4 Å². The van der Waals surface area contributed by atoms with Gasteiger partial charge >= 0.3 is 0 Å². The number of carbonyl (C=O) groups excluding carboxylic acids is 2. The van der Waals surface area contributed by atoms with E-state index in [0.717, 1.165) is 18.4 Å². The molecule has 3 rings (SSSR count). The number of amides is 2. The Hall–Kier alpha value is -3.22. The van der Waals surface area contributed by atoms with Crippen LogP contribution < -0.4 is 5.32 Å². The summed E-state index contributed by atoms with van der Waals surface area (Å²) in [6.45, 7) is 6.70. The van der Waals surface area contributed by atoms with Crippen molar-refractivity contribution in [2.24, 2.45) is 5.92 Å². The van der Waals surface area contributed by atoms with E-state index in [4.69, 9.17) is 0 Å². The van der Waals surface area contributed by atoms with E-state index in [9.17, 15) is 19.7 Å². The summed E-state index contributed by atoms with van der Waals surface area (Å²) < 4.78 is 0. The topological polar surface area (TPSA) is 92.6 Å². The van der Waals surface area contributed by atoms with Crippen molar-refractivity contribution in [3.8, 4) is 0 Å². The number of nitro benzene ring substituents is 1. The number of hydrogen-bond donors (Lipinski definition) is 1. The average Bonchev–Trinajstić information content (AvgIpc) is 3.23. The lowest BCUT2D eigenvalue weighted by Gasteiger charge is -2.27. The highest BCUT2D eigenvalue weighted by Gasteiger charge is 2.36. The Morgan fingerprint density at radius 3 is 2.45 bits per heavy atom. The molecule has 2 unspecified atom stereocenters. The highest BCUT2D eigenvalue weighted by atomic mass is 16.6. The van der Waals surface area contributed by atoms with Crippen molar-refractivity contribution in [1.29, 1.82) is 0 Å². The molecule has 0 aliphatic carbocycles. The number of carbonyl (C=O) groups is 2. The molecule has 0 aromatic heterocycles. The van der Waals surface area contributed by atoms with E-state index in [2.05, 4.69) is 31.3 Å². The van der Waals surface area contributed by atoms with Crippen LogP contribution in [-0.4, -0.2) is 34.2 Å². The molecule has 164 valence electrons. The van der Waals surface area contributed by atoms with Crippen molar-refractivity contribution in [2.45, 2.75) is 52.0 Å². The van der Waals surface area contributed by atoms with Gasteiger partial charge in [0.25, 0.3) is 5.69 Å². The standard InChI is InChI=1S/C24H29N3O4/c1-16(2)15-18-10-12-19(13-11-18)17(3)24(29)26-14-6-9-22(26)23(28)25-20-7-4-5-8-21(20)27(30)31/h4-5,7-8,10-13,16-17,22H,6,9,14-15H2,1-3H3,(H,25,28). The maximum absolute atomic E-state index is 13.2. The van der Waals surface area contributed by atoms with E-state index in [1.54, 1.807) is 17.0 Å². The maximum atomic E-state index is 13.2. The summed E-state index contributed by atoms with van der Waals surface area (Å²) in [5, 5.41) is 13.9. The molecular formula is C24H29N3O4. The molecule has 1 N–H and O–H groups in total. The second kappa shape index (κ2) is 9.73. The van der Waals surface area contributed by atoms with Crippen LogP contribution in [-0.2, 0) is 16.0 Å². The molecule has 1 saturated heterocycles. The number of nitrogens with one attached hydrogen (secondary N) is 1. The molecule has 0 radical (unpaired) electrons. The molecule has 1 heterocycles. The van der Waals surface area contributed by atoms with Crippen LogP contribution in [0.15, 0.2) is 48.5 Å². The Labute approximate surface area is 182 Å². The first-order valence-electron chi connectivity index (χ1n) is 10.7. The highest BCUT2D eigenvalue weighted by Crippen LogP contribution is 2.28. The summed E-state index contributed by atoms with van der Waals surface area (Å²) in [5.74, 6) is -0.293. The number of nitrogens with zero attached hydrogens (tertiary/aromatic N) is 2. The van der Waals surface area contributed by atoms with Crippen LogP contribution in [0.5, 0.6) is 0 Å². The molecule has 1 aliphatic heterocycles. The number of rotatable bonds is 7. The van der Waals surface area contributed by atoms with E-state index >= 15 is 0 Å². The fourth-order valence-electron chi connectivity index (χ4n) is 4.06. The predicted octanol–water partition coefficient (Wildman–Crippen LogP) is 4.53. The van der Waals surface area contributed by atoms with Crippen molar-refractivity contribution in [3.63, 3.8) is 0 Å². The lowest BCUT2D eigenvalue weighted by Crippen LogP contribution is -2.44. The van der Waals surface area contributed by atoms with E-state index in [1.165, 1.54) is 17.7 Å². The van der Waals surface area contributed by atoms with E-state index < -0.39 is 11.0 Å². The van der Waals surface area contributed by atoms with E-state index in [1.807, 2.05) is 19.1 Å². The SMILES string of the molecule is CC(C)Cc1ccc(C(C)C(=O)N2CCCC2C(=O)Nc2ccccc2[N+](=O)[O-])cc1. The van der Waals surface area contributed by atoms with Gasteiger partial charge in [0.2, 0.25) is 11.8 Å². The van der Waals surface area contributed by atoms with Crippen molar-refractivity contribution >= 4 is 23.2 Å². The second-order valence-corrected chi connectivity index (χ2v) is 8.51. The Bertz CT molecular complexity index is 956. The van der Waals surface area contributed by atoms with Gasteiger partial charge in [-0.05, 0) is 49.3 Å². The van der Waals surface area contributed by atoms with Gasteiger partial charge in [-0.2, -0.15) is 0 Å². The third-order valence-electron chi connectivity index (χ3n) is 5.69. The first-order valence-corrected chi connectivity index (χ1v) is 10.7. The molecule has 0 spiro atoms. The van der Waals surface area contributed by atoms with Crippen LogP contribution in [0.3, 0.4) is 0 Å². The predicted molar refractivity (Wildman–Crippen MR) is 120 cm³/mol. The summed E-state index contributed by atoms with van der Waals surface area (Å²) in [4.78, 5) is 38.4. The largest absolute Gasteiger partial charge is 0.330 e. The summed E-state index contributed by atoms with van der Waals surface area (Å²) in [6.07, 6.45) is 2.25. The third kappa shape index (κ3) is 5.29.